The fourth-order valence-corrected chi connectivity index (χ4v) is 3.74. The first kappa shape index (κ1) is 9.30. The average Bonchev–Trinajstić information content (AvgIpc) is 2.48. The number of rotatable bonds is 0. The Morgan fingerprint density at radius 1 is 0.923 bits per heavy atom. The van der Waals surface area contributed by atoms with Gasteiger partial charge in [-0.1, -0.05) is 31.9 Å². The van der Waals surface area contributed by atoms with Gasteiger partial charge in [-0.05, 0) is 49.9 Å². The molecule has 0 heterocycles. The topological polar surface area (TPSA) is 0 Å². The molecule has 0 nitrogen and oxygen atoms in total. The summed E-state index contributed by atoms with van der Waals surface area (Å²) < 4.78 is 0. The van der Waals surface area contributed by atoms with E-state index in [4.69, 9.17) is 0 Å². The van der Waals surface area contributed by atoms with Crippen LogP contribution < -0.4 is 0 Å². The molecule has 0 radical (unpaired) electrons. The van der Waals surface area contributed by atoms with Gasteiger partial charge in [0.25, 0.3) is 0 Å². The van der Waals surface area contributed by atoms with E-state index in [1.165, 1.54) is 6.42 Å². The zero-order chi connectivity index (χ0) is 9.75. The minimum Gasteiger partial charge on any atom is -0.0738 e. The van der Waals surface area contributed by atoms with Crippen molar-refractivity contribution in [1.82, 2.24) is 0 Å². The number of allylic oxidation sites excluding steroid dienone is 2. The first-order chi connectivity index (χ1) is 6.04. The maximum atomic E-state index is 2.46. The second-order valence-corrected chi connectivity index (χ2v) is 5.43. The van der Waals surface area contributed by atoms with Crippen molar-refractivity contribution in [1.29, 1.82) is 0 Å². The molecule has 1 fully saturated rings. The molecule has 0 aliphatic heterocycles. The highest BCUT2D eigenvalue weighted by Gasteiger charge is 2.47. The van der Waals surface area contributed by atoms with Crippen LogP contribution in [0.25, 0.3) is 0 Å². The van der Waals surface area contributed by atoms with Gasteiger partial charge >= 0.3 is 0 Å². The van der Waals surface area contributed by atoms with Crippen LogP contribution in [0.3, 0.4) is 0 Å². The molecule has 1 saturated carbocycles. The second-order valence-electron chi connectivity index (χ2n) is 5.43. The van der Waals surface area contributed by atoms with Crippen LogP contribution in [0.1, 0.15) is 41.0 Å². The lowest BCUT2D eigenvalue weighted by atomic mass is 9.87. The molecule has 0 aromatic rings. The quantitative estimate of drug-likeness (QED) is 0.494. The van der Waals surface area contributed by atoms with Crippen molar-refractivity contribution < 1.29 is 0 Å². The molecular formula is C13H22. The van der Waals surface area contributed by atoms with Gasteiger partial charge in [0.1, 0.15) is 0 Å². The number of fused-ring (bicyclic) bond motifs is 1. The predicted octanol–water partition coefficient (Wildman–Crippen LogP) is 3.88. The van der Waals surface area contributed by atoms with E-state index in [1.54, 1.807) is 11.1 Å². The Morgan fingerprint density at radius 2 is 1.54 bits per heavy atom. The standard InChI is InChI=1S/C13H22/c1-7-6-12-10(4)9(3)11(5)13(12)8(7)2/h9-13H,6H2,1-5H3. The van der Waals surface area contributed by atoms with E-state index >= 15 is 0 Å². The molecule has 74 valence electrons. The highest BCUT2D eigenvalue weighted by atomic mass is 14.5. The maximum Gasteiger partial charge on any atom is -0.0141 e. The Balaban J connectivity index is 2.31. The van der Waals surface area contributed by atoms with Gasteiger partial charge in [0, 0.05) is 0 Å². The van der Waals surface area contributed by atoms with E-state index < -0.39 is 0 Å². The largest absolute Gasteiger partial charge is 0.0738 e. The van der Waals surface area contributed by atoms with Gasteiger partial charge in [0.15, 0.2) is 0 Å². The van der Waals surface area contributed by atoms with Gasteiger partial charge in [0.2, 0.25) is 0 Å². The van der Waals surface area contributed by atoms with Crippen molar-refractivity contribution in [2.45, 2.75) is 41.0 Å². The third-order valence-corrected chi connectivity index (χ3v) is 5.08. The van der Waals surface area contributed by atoms with E-state index in [0.29, 0.717) is 0 Å². The Bertz CT molecular complexity index is 249. The summed E-state index contributed by atoms with van der Waals surface area (Å²) in [7, 11) is 0. The number of hydrogen-bond donors (Lipinski definition) is 0. The summed E-state index contributed by atoms with van der Waals surface area (Å²) >= 11 is 0. The first-order valence-corrected chi connectivity index (χ1v) is 5.70. The lowest BCUT2D eigenvalue weighted by molar-refractivity contribution is 0.338. The van der Waals surface area contributed by atoms with Gasteiger partial charge in [0.05, 0.1) is 0 Å². The molecule has 0 aromatic heterocycles. The Hall–Kier alpha value is -0.260. The van der Waals surface area contributed by atoms with Crippen LogP contribution >= 0.6 is 0 Å². The van der Waals surface area contributed by atoms with Crippen LogP contribution in [-0.4, -0.2) is 0 Å². The lowest BCUT2D eigenvalue weighted by Crippen LogP contribution is -2.11. The molecule has 2 aliphatic carbocycles. The highest BCUT2D eigenvalue weighted by molar-refractivity contribution is 5.25. The summed E-state index contributed by atoms with van der Waals surface area (Å²) in [5.74, 6) is 4.68. The Kier molecular flexibility index (Phi) is 2.05. The van der Waals surface area contributed by atoms with Gasteiger partial charge < -0.3 is 0 Å². The molecule has 13 heavy (non-hydrogen) atoms. The second kappa shape index (κ2) is 2.87. The van der Waals surface area contributed by atoms with Gasteiger partial charge in [-0.15, -0.1) is 0 Å². The monoisotopic (exact) mass is 178 g/mol. The van der Waals surface area contributed by atoms with Crippen molar-refractivity contribution in [2.24, 2.45) is 29.6 Å². The Labute approximate surface area is 82.4 Å². The van der Waals surface area contributed by atoms with Gasteiger partial charge in [-0.2, -0.15) is 0 Å². The minimum atomic E-state index is 0.914. The first-order valence-electron chi connectivity index (χ1n) is 5.70. The van der Waals surface area contributed by atoms with Crippen LogP contribution in [0, 0.1) is 29.6 Å². The smallest absolute Gasteiger partial charge is 0.0141 e. The molecular weight excluding hydrogens is 156 g/mol. The normalized spacial score (nSPS) is 50.1. The molecule has 0 aromatic carbocycles. The van der Waals surface area contributed by atoms with E-state index in [9.17, 15) is 0 Å². The summed E-state index contributed by atoms with van der Waals surface area (Å²) in [5.41, 5.74) is 3.40. The van der Waals surface area contributed by atoms with Crippen molar-refractivity contribution in [3.05, 3.63) is 11.1 Å². The van der Waals surface area contributed by atoms with Crippen LogP contribution in [0.5, 0.6) is 0 Å². The molecule has 0 saturated heterocycles. The third-order valence-electron chi connectivity index (χ3n) is 5.08. The van der Waals surface area contributed by atoms with Crippen molar-refractivity contribution in [3.63, 3.8) is 0 Å². The molecule has 5 unspecified atom stereocenters. The van der Waals surface area contributed by atoms with E-state index in [-0.39, 0.29) is 0 Å². The van der Waals surface area contributed by atoms with Crippen molar-refractivity contribution >= 4 is 0 Å². The summed E-state index contributed by atoms with van der Waals surface area (Å²) in [5, 5.41) is 0. The van der Waals surface area contributed by atoms with Gasteiger partial charge in [-0.3, -0.25) is 0 Å². The molecule has 2 aliphatic rings. The van der Waals surface area contributed by atoms with Gasteiger partial charge in [-0.25, -0.2) is 0 Å². The summed E-state index contributed by atoms with van der Waals surface area (Å²) in [6.45, 7) is 12.0. The summed E-state index contributed by atoms with van der Waals surface area (Å²) in [6.07, 6.45) is 1.38. The molecule has 0 amide bonds. The van der Waals surface area contributed by atoms with Crippen molar-refractivity contribution in [3.8, 4) is 0 Å². The van der Waals surface area contributed by atoms with Crippen LogP contribution in [0.4, 0.5) is 0 Å². The minimum absolute atomic E-state index is 0.914. The highest BCUT2D eigenvalue weighted by Crippen LogP contribution is 2.55. The van der Waals surface area contributed by atoms with Crippen LogP contribution in [0.2, 0.25) is 0 Å². The maximum absolute atomic E-state index is 2.46. The zero-order valence-electron chi connectivity index (χ0n) is 9.59. The van der Waals surface area contributed by atoms with E-state index in [1.807, 2.05) is 0 Å². The summed E-state index contributed by atoms with van der Waals surface area (Å²) in [6, 6.07) is 0. The Morgan fingerprint density at radius 3 is 2.08 bits per heavy atom. The molecule has 5 atom stereocenters. The molecule has 0 N–H and O–H groups in total. The molecule has 0 spiro atoms. The molecule has 0 bridgehead atoms. The van der Waals surface area contributed by atoms with Crippen LogP contribution in [-0.2, 0) is 0 Å². The zero-order valence-corrected chi connectivity index (χ0v) is 9.59. The fraction of sp³-hybridized carbons (Fsp3) is 0.846. The van der Waals surface area contributed by atoms with E-state index in [2.05, 4.69) is 34.6 Å². The predicted molar refractivity (Wildman–Crippen MR) is 57.5 cm³/mol. The van der Waals surface area contributed by atoms with Crippen molar-refractivity contribution in [2.75, 3.05) is 0 Å². The van der Waals surface area contributed by atoms with E-state index in [0.717, 1.165) is 29.6 Å². The van der Waals surface area contributed by atoms with Crippen LogP contribution in [0.15, 0.2) is 11.1 Å². The fourth-order valence-electron chi connectivity index (χ4n) is 3.74. The molecule has 0 heteroatoms. The SMILES string of the molecule is CC1=C(C)C2C(C)C(C)C(C)C2C1. The molecule has 2 rings (SSSR count). The lowest BCUT2D eigenvalue weighted by Gasteiger charge is -2.18. The summed E-state index contributed by atoms with van der Waals surface area (Å²) in [4.78, 5) is 0. The number of hydrogen-bond acceptors (Lipinski definition) is 0. The third kappa shape index (κ3) is 1.11. The average molecular weight is 178 g/mol.